The zero-order chi connectivity index (χ0) is 14.0. The first kappa shape index (κ1) is 13.6. The molecular weight excluding hydrogens is 250 g/mol. The highest BCUT2D eigenvalue weighted by molar-refractivity contribution is 5.26. The Morgan fingerprint density at radius 1 is 1.42 bits per heavy atom. The quantitative estimate of drug-likeness (QED) is 0.655. The third-order valence-corrected chi connectivity index (χ3v) is 3.28. The first-order valence-electron chi connectivity index (χ1n) is 5.91. The Kier molecular flexibility index (Phi) is 3.92. The van der Waals surface area contributed by atoms with Gasteiger partial charge in [0.25, 0.3) is 0 Å². The number of nitrogens with one attached hydrogen (secondary N) is 1. The van der Waals surface area contributed by atoms with E-state index >= 15 is 0 Å². The molecule has 1 aromatic heterocycles. The fourth-order valence-corrected chi connectivity index (χ4v) is 2.04. The molecule has 0 aliphatic rings. The highest BCUT2D eigenvalue weighted by Crippen LogP contribution is 2.22. The summed E-state index contributed by atoms with van der Waals surface area (Å²) in [5.74, 6) is 4.61. The van der Waals surface area contributed by atoms with Gasteiger partial charge in [0.15, 0.2) is 0 Å². The van der Waals surface area contributed by atoms with E-state index in [9.17, 15) is 8.78 Å². The van der Waals surface area contributed by atoms with Gasteiger partial charge >= 0.3 is 0 Å². The summed E-state index contributed by atoms with van der Waals surface area (Å²) in [6.07, 6.45) is 1.93. The molecule has 0 spiro atoms. The summed E-state index contributed by atoms with van der Waals surface area (Å²) in [6, 6.07) is 3.09. The van der Waals surface area contributed by atoms with Gasteiger partial charge in [-0.2, -0.15) is 5.10 Å². The Labute approximate surface area is 110 Å². The molecule has 102 valence electrons. The number of hydrogen-bond acceptors (Lipinski definition) is 3. The minimum atomic E-state index is -0.463. The molecule has 0 radical (unpaired) electrons. The third kappa shape index (κ3) is 2.80. The maximum Gasteiger partial charge on any atom is 0.126 e. The molecule has 4 nitrogen and oxygen atoms in total. The summed E-state index contributed by atoms with van der Waals surface area (Å²) in [5.41, 5.74) is 4.71. The van der Waals surface area contributed by atoms with Crippen molar-refractivity contribution >= 4 is 0 Å². The standard InChI is InChI=1S/C13H16F2N4/c1-8-11(7-17-19(8)2)13(18-16)6-9-5-10(14)3-4-12(9)15/h3-5,7,13,18H,6,16H2,1-2H3. The average molecular weight is 266 g/mol. The van der Waals surface area contributed by atoms with Gasteiger partial charge in [-0.25, -0.2) is 8.78 Å². The second-order valence-corrected chi connectivity index (χ2v) is 4.47. The molecule has 19 heavy (non-hydrogen) atoms. The predicted molar refractivity (Wildman–Crippen MR) is 68.1 cm³/mol. The Bertz CT molecular complexity index is 580. The largest absolute Gasteiger partial charge is 0.273 e. The lowest BCUT2D eigenvalue weighted by molar-refractivity contribution is 0.520. The number of nitrogens with zero attached hydrogens (tertiary/aromatic N) is 2. The number of nitrogens with two attached hydrogens (primary N) is 1. The number of aromatic nitrogens is 2. The van der Waals surface area contributed by atoms with E-state index in [1.54, 1.807) is 10.9 Å². The lowest BCUT2D eigenvalue weighted by Crippen LogP contribution is -2.30. The van der Waals surface area contributed by atoms with Crippen LogP contribution in [-0.4, -0.2) is 9.78 Å². The van der Waals surface area contributed by atoms with Crippen LogP contribution < -0.4 is 11.3 Å². The van der Waals surface area contributed by atoms with Crippen LogP contribution in [0.5, 0.6) is 0 Å². The van der Waals surface area contributed by atoms with Crippen molar-refractivity contribution in [3.8, 4) is 0 Å². The van der Waals surface area contributed by atoms with Crippen molar-refractivity contribution in [1.29, 1.82) is 0 Å². The normalized spacial score (nSPS) is 12.7. The molecule has 1 aromatic carbocycles. The lowest BCUT2D eigenvalue weighted by atomic mass is 9.99. The van der Waals surface area contributed by atoms with E-state index in [1.807, 2.05) is 14.0 Å². The number of rotatable bonds is 4. The van der Waals surface area contributed by atoms with Gasteiger partial charge in [0.2, 0.25) is 0 Å². The van der Waals surface area contributed by atoms with Crippen LogP contribution in [0.4, 0.5) is 8.78 Å². The monoisotopic (exact) mass is 266 g/mol. The molecule has 0 bridgehead atoms. The van der Waals surface area contributed by atoms with Gasteiger partial charge in [0, 0.05) is 18.3 Å². The van der Waals surface area contributed by atoms with E-state index < -0.39 is 11.6 Å². The summed E-state index contributed by atoms with van der Waals surface area (Å²) < 4.78 is 28.5. The van der Waals surface area contributed by atoms with Crippen LogP contribution in [-0.2, 0) is 13.5 Å². The minimum Gasteiger partial charge on any atom is -0.273 e. The average Bonchev–Trinajstić information content (AvgIpc) is 2.71. The number of halogens is 2. The molecule has 2 rings (SSSR count). The highest BCUT2D eigenvalue weighted by atomic mass is 19.1. The van der Waals surface area contributed by atoms with E-state index in [4.69, 9.17) is 5.84 Å². The second-order valence-electron chi connectivity index (χ2n) is 4.47. The van der Waals surface area contributed by atoms with Gasteiger partial charge in [-0.3, -0.25) is 16.0 Å². The first-order chi connectivity index (χ1) is 9.02. The molecule has 0 aliphatic carbocycles. The molecular formula is C13H16F2N4. The van der Waals surface area contributed by atoms with Crippen LogP contribution in [0, 0.1) is 18.6 Å². The number of aryl methyl sites for hydroxylation is 1. The Balaban J connectivity index is 2.29. The summed E-state index contributed by atoms with van der Waals surface area (Å²) in [7, 11) is 1.81. The van der Waals surface area contributed by atoms with Crippen LogP contribution in [0.15, 0.2) is 24.4 Å². The molecule has 0 saturated heterocycles. The molecule has 2 aromatic rings. The highest BCUT2D eigenvalue weighted by Gasteiger charge is 2.18. The van der Waals surface area contributed by atoms with E-state index in [0.29, 0.717) is 0 Å². The van der Waals surface area contributed by atoms with Crippen LogP contribution in [0.25, 0.3) is 0 Å². The summed E-state index contributed by atoms with van der Waals surface area (Å²) in [4.78, 5) is 0. The molecule has 1 heterocycles. The zero-order valence-electron chi connectivity index (χ0n) is 10.8. The van der Waals surface area contributed by atoms with Gasteiger partial charge in [-0.1, -0.05) is 0 Å². The molecule has 6 heteroatoms. The van der Waals surface area contributed by atoms with E-state index in [0.717, 1.165) is 23.4 Å². The predicted octanol–water partition coefficient (Wildman–Crippen LogP) is 1.75. The third-order valence-electron chi connectivity index (χ3n) is 3.28. The zero-order valence-corrected chi connectivity index (χ0v) is 10.8. The Morgan fingerprint density at radius 2 is 2.16 bits per heavy atom. The maximum atomic E-state index is 13.6. The summed E-state index contributed by atoms with van der Waals surface area (Å²) >= 11 is 0. The Morgan fingerprint density at radius 3 is 2.74 bits per heavy atom. The topological polar surface area (TPSA) is 55.9 Å². The summed E-state index contributed by atoms with van der Waals surface area (Å²) in [5, 5.41) is 4.12. The van der Waals surface area contributed by atoms with Gasteiger partial charge in [-0.05, 0) is 37.1 Å². The van der Waals surface area contributed by atoms with Crippen molar-refractivity contribution in [2.75, 3.05) is 0 Å². The van der Waals surface area contributed by atoms with Crippen LogP contribution in [0.1, 0.15) is 22.9 Å². The van der Waals surface area contributed by atoms with E-state index in [-0.39, 0.29) is 18.0 Å². The first-order valence-corrected chi connectivity index (χ1v) is 5.91. The van der Waals surface area contributed by atoms with Crippen molar-refractivity contribution in [2.45, 2.75) is 19.4 Å². The number of benzene rings is 1. The van der Waals surface area contributed by atoms with Crippen molar-refractivity contribution in [2.24, 2.45) is 12.9 Å². The molecule has 0 amide bonds. The molecule has 3 N–H and O–H groups in total. The lowest BCUT2D eigenvalue weighted by Gasteiger charge is -2.16. The van der Waals surface area contributed by atoms with Gasteiger partial charge in [0.05, 0.1) is 12.2 Å². The molecule has 0 fully saturated rings. The van der Waals surface area contributed by atoms with Gasteiger partial charge in [0.1, 0.15) is 11.6 Å². The van der Waals surface area contributed by atoms with Crippen molar-refractivity contribution in [3.05, 3.63) is 52.9 Å². The smallest absolute Gasteiger partial charge is 0.126 e. The summed E-state index contributed by atoms with van der Waals surface area (Å²) in [6.45, 7) is 1.90. The van der Waals surface area contributed by atoms with Crippen molar-refractivity contribution in [1.82, 2.24) is 15.2 Å². The molecule has 1 unspecified atom stereocenters. The molecule has 0 aliphatic heterocycles. The van der Waals surface area contributed by atoms with Crippen molar-refractivity contribution < 1.29 is 8.78 Å². The fraction of sp³-hybridized carbons (Fsp3) is 0.308. The van der Waals surface area contributed by atoms with Gasteiger partial charge < -0.3 is 0 Å². The SMILES string of the molecule is Cc1c(C(Cc2cc(F)ccc2F)NN)cnn1C. The fourth-order valence-electron chi connectivity index (χ4n) is 2.04. The minimum absolute atomic E-state index is 0.257. The number of hydrogen-bond donors (Lipinski definition) is 2. The van der Waals surface area contributed by atoms with Crippen LogP contribution >= 0.6 is 0 Å². The van der Waals surface area contributed by atoms with Crippen LogP contribution in [0.3, 0.4) is 0 Å². The van der Waals surface area contributed by atoms with E-state index in [1.165, 1.54) is 6.07 Å². The van der Waals surface area contributed by atoms with Crippen LogP contribution in [0.2, 0.25) is 0 Å². The van der Waals surface area contributed by atoms with Crippen molar-refractivity contribution in [3.63, 3.8) is 0 Å². The number of hydrazine groups is 1. The van der Waals surface area contributed by atoms with Gasteiger partial charge in [-0.15, -0.1) is 0 Å². The Hall–Kier alpha value is -1.79. The second kappa shape index (κ2) is 5.46. The van der Waals surface area contributed by atoms with E-state index in [2.05, 4.69) is 10.5 Å². The molecule has 0 saturated carbocycles. The maximum absolute atomic E-state index is 13.6. The molecule has 1 atom stereocenters.